The maximum atomic E-state index is 13.1. The van der Waals surface area contributed by atoms with Crippen molar-refractivity contribution in [1.82, 2.24) is 19.9 Å². The molecule has 0 saturated heterocycles. The van der Waals surface area contributed by atoms with E-state index in [4.69, 9.17) is 0 Å². The standard InChI is InChI=1S/C17H19F3N4/c1-11(2)16-22-8-13-10-24(6-4-15(13)23-16)9-12-7-21-5-3-14(12)17(18,19)20/h3,5,7-8,11H,4,6,9-10H2,1-2H3. The lowest BCUT2D eigenvalue weighted by molar-refractivity contribution is -0.138. The molecule has 2 aromatic rings. The van der Waals surface area contributed by atoms with Crippen LogP contribution in [-0.4, -0.2) is 26.4 Å². The van der Waals surface area contributed by atoms with Gasteiger partial charge >= 0.3 is 6.18 Å². The number of hydrogen-bond acceptors (Lipinski definition) is 4. The molecule has 1 aliphatic heterocycles. The van der Waals surface area contributed by atoms with Gasteiger partial charge in [0.15, 0.2) is 0 Å². The first-order chi connectivity index (χ1) is 11.3. The minimum Gasteiger partial charge on any atom is -0.294 e. The SMILES string of the molecule is CC(C)c1ncc2c(n1)CCN(Cc1cnccc1C(F)(F)F)C2. The average Bonchev–Trinajstić information content (AvgIpc) is 2.53. The van der Waals surface area contributed by atoms with Crippen molar-refractivity contribution in [1.29, 1.82) is 0 Å². The zero-order chi connectivity index (χ0) is 17.3. The van der Waals surface area contributed by atoms with E-state index in [-0.39, 0.29) is 18.0 Å². The molecule has 0 atom stereocenters. The second-order valence-electron chi connectivity index (χ2n) is 6.35. The average molecular weight is 336 g/mol. The Morgan fingerprint density at radius 2 is 2.04 bits per heavy atom. The third kappa shape index (κ3) is 3.56. The molecule has 24 heavy (non-hydrogen) atoms. The molecule has 0 unspecified atom stereocenters. The number of pyridine rings is 1. The minimum absolute atomic E-state index is 0.202. The molecule has 3 rings (SSSR count). The number of hydrogen-bond donors (Lipinski definition) is 0. The molecule has 0 bridgehead atoms. The highest BCUT2D eigenvalue weighted by Crippen LogP contribution is 2.32. The van der Waals surface area contributed by atoms with Crippen molar-refractivity contribution in [2.45, 2.75) is 45.5 Å². The lowest BCUT2D eigenvalue weighted by atomic mass is 10.0. The van der Waals surface area contributed by atoms with Gasteiger partial charge in [0, 0.05) is 61.8 Å². The van der Waals surface area contributed by atoms with E-state index in [0.29, 0.717) is 13.1 Å². The maximum Gasteiger partial charge on any atom is 0.416 e. The fraction of sp³-hybridized carbons (Fsp3) is 0.471. The predicted molar refractivity (Wildman–Crippen MR) is 83.2 cm³/mol. The van der Waals surface area contributed by atoms with E-state index in [2.05, 4.69) is 15.0 Å². The highest BCUT2D eigenvalue weighted by molar-refractivity contribution is 5.27. The summed E-state index contributed by atoms with van der Waals surface area (Å²) in [7, 11) is 0. The highest BCUT2D eigenvalue weighted by Gasteiger charge is 2.33. The summed E-state index contributed by atoms with van der Waals surface area (Å²) >= 11 is 0. The van der Waals surface area contributed by atoms with Crippen LogP contribution < -0.4 is 0 Å². The van der Waals surface area contributed by atoms with Crippen molar-refractivity contribution in [2.75, 3.05) is 6.54 Å². The molecule has 3 heterocycles. The van der Waals surface area contributed by atoms with Crippen LogP contribution in [0.2, 0.25) is 0 Å². The van der Waals surface area contributed by atoms with Crippen LogP contribution in [0, 0.1) is 0 Å². The molecule has 0 amide bonds. The van der Waals surface area contributed by atoms with Crippen LogP contribution in [0.5, 0.6) is 0 Å². The third-order valence-corrected chi connectivity index (χ3v) is 4.15. The van der Waals surface area contributed by atoms with E-state index in [9.17, 15) is 13.2 Å². The molecular weight excluding hydrogens is 317 g/mol. The normalized spacial score (nSPS) is 15.6. The number of halogens is 3. The quantitative estimate of drug-likeness (QED) is 0.859. The van der Waals surface area contributed by atoms with Crippen LogP contribution in [0.4, 0.5) is 13.2 Å². The second-order valence-corrected chi connectivity index (χ2v) is 6.35. The van der Waals surface area contributed by atoms with Crippen molar-refractivity contribution < 1.29 is 13.2 Å². The number of aromatic nitrogens is 3. The Hall–Kier alpha value is -2.02. The topological polar surface area (TPSA) is 41.9 Å². The monoisotopic (exact) mass is 336 g/mol. The molecule has 0 radical (unpaired) electrons. The van der Waals surface area contributed by atoms with Crippen molar-refractivity contribution in [3.05, 3.63) is 52.9 Å². The lowest BCUT2D eigenvalue weighted by Crippen LogP contribution is -2.32. The molecule has 0 aromatic carbocycles. The number of nitrogens with zero attached hydrogens (tertiary/aromatic N) is 4. The Kier molecular flexibility index (Phi) is 4.54. The van der Waals surface area contributed by atoms with Gasteiger partial charge in [-0.15, -0.1) is 0 Å². The summed E-state index contributed by atoms with van der Waals surface area (Å²) in [5.41, 5.74) is 1.58. The van der Waals surface area contributed by atoms with Gasteiger partial charge in [0.05, 0.1) is 5.56 Å². The van der Waals surface area contributed by atoms with Gasteiger partial charge in [-0.05, 0) is 11.6 Å². The first-order valence-corrected chi connectivity index (χ1v) is 7.91. The molecule has 0 N–H and O–H groups in total. The van der Waals surface area contributed by atoms with E-state index in [1.54, 1.807) is 6.20 Å². The van der Waals surface area contributed by atoms with Crippen molar-refractivity contribution in [2.24, 2.45) is 0 Å². The molecule has 128 valence electrons. The van der Waals surface area contributed by atoms with Crippen LogP contribution in [0.1, 0.15) is 48.0 Å². The van der Waals surface area contributed by atoms with E-state index in [0.717, 1.165) is 29.6 Å². The van der Waals surface area contributed by atoms with Gasteiger partial charge < -0.3 is 0 Å². The van der Waals surface area contributed by atoms with Crippen LogP contribution in [0.25, 0.3) is 0 Å². The largest absolute Gasteiger partial charge is 0.416 e. The van der Waals surface area contributed by atoms with Gasteiger partial charge in [-0.25, -0.2) is 9.97 Å². The Balaban J connectivity index is 1.78. The number of rotatable bonds is 3. The van der Waals surface area contributed by atoms with Gasteiger partial charge in [0.1, 0.15) is 5.82 Å². The summed E-state index contributed by atoms with van der Waals surface area (Å²) in [6.07, 6.45) is 0.647. The molecule has 7 heteroatoms. The molecule has 2 aromatic heterocycles. The van der Waals surface area contributed by atoms with Crippen molar-refractivity contribution >= 4 is 0 Å². The molecule has 0 saturated carbocycles. The number of alkyl halides is 3. The van der Waals surface area contributed by atoms with Crippen LogP contribution in [0.15, 0.2) is 24.7 Å². The zero-order valence-corrected chi connectivity index (χ0v) is 13.6. The van der Waals surface area contributed by atoms with E-state index in [1.807, 2.05) is 18.7 Å². The second kappa shape index (κ2) is 6.47. The summed E-state index contributed by atoms with van der Waals surface area (Å²) in [4.78, 5) is 14.8. The van der Waals surface area contributed by atoms with Gasteiger partial charge in [-0.3, -0.25) is 9.88 Å². The Bertz CT molecular complexity index is 728. The first kappa shape index (κ1) is 16.8. The first-order valence-electron chi connectivity index (χ1n) is 7.91. The van der Waals surface area contributed by atoms with Gasteiger partial charge in [0.2, 0.25) is 0 Å². The maximum absolute atomic E-state index is 13.1. The molecule has 0 fully saturated rings. The van der Waals surface area contributed by atoms with E-state index < -0.39 is 11.7 Å². The lowest BCUT2D eigenvalue weighted by Gasteiger charge is -2.29. The van der Waals surface area contributed by atoms with Gasteiger partial charge in [0.25, 0.3) is 0 Å². The highest BCUT2D eigenvalue weighted by atomic mass is 19.4. The van der Waals surface area contributed by atoms with Crippen LogP contribution in [0.3, 0.4) is 0 Å². The van der Waals surface area contributed by atoms with Gasteiger partial charge in [-0.1, -0.05) is 13.8 Å². The summed E-state index contributed by atoms with van der Waals surface area (Å²) < 4.78 is 39.3. The Labute approximate surface area is 138 Å². The number of fused-ring (bicyclic) bond motifs is 1. The molecule has 4 nitrogen and oxygen atoms in total. The molecular formula is C17H19F3N4. The Morgan fingerprint density at radius 3 is 2.75 bits per heavy atom. The van der Waals surface area contributed by atoms with Crippen molar-refractivity contribution in [3.8, 4) is 0 Å². The van der Waals surface area contributed by atoms with E-state index >= 15 is 0 Å². The molecule has 0 aliphatic carbocycles. The van der Waals surface area contributed by atoms with E-state index in [1.165, 1.54) is 12.4 Å². The summed E-state index contributed by atoms with van der Waals surface area (Å²) in [5.74, 6) is 1.08. The zero-order valence-electron chi connectivity index (χ0n) is 13.6. The summed E-state index contributed by atoms with van der Waals surface area (Å²) in [5, 5.41) is 0. The fourth-order valence-electron chi connectivity index (χ4n) is 2.87. The Morgan fingerprint density at radius 1 is 1.25 bits per heavy atom. The minimum atomic E-state index is -4.36. The molecule has 1 aliphatic rings. The predicted octanol–water partition coefficient (Wildman–Crippen LogP) is 3.57. The van der Waals surface area contributed by atoms with Crippen LogP contribution in [-0.2, 0) is 25.7 Å². The van der Waals surface area contributed by atoms with Crippen molar-refractivity contribution in [3.63, 3.8) is 0 Å². The van der Waals surface area contributed by atoms with Crippen LogP contribution >= 0.6 is 0 Å². The smallest absolute Gasteiger partial charge is 0.294 e. The fourth-order valence-corrected chi connectivity index (χ4v) is 2.87. The summed E-state index contributed by atoms with van der Waals surface area (Å²) in [6.45, 7) is 5.53. The third-order valence-electron chi connectivity index (χ3n) is 4.15. The summed E-state index contributed by atoms with van der Waals surface area (Å²) in [6, 6.07) is 1.03. The van der Waals surface area contributed by atoms with Gasteiger partial charge in [-0.2, -0.15) is 13.2 Å². The molecule has 0 spiro atoms.